The third-order valence-electron chi connectivity index (χ3n) is 3.69. The van der Waals surface area contributed by atoms with Crippen LogP contribution in [0.15, 0.2) is 0 Å². The molecular formula is C12H19N3O3S. The number of rotatable bonds is 3. The highest BCUT2D eigenvalue weighted by Gasteiger charge is 2.36. The summed E-state index contributed by atoms with van der Waals surface area (Å²) in [4.78, 5) is 14.4. The standard InChI is InChI=1S/C12H19N3O3S/c1-3-7-11(19-14-13-7)12(18)15(2)8-5-4-6-9(16)10(8)17/h8-10,16-17H,3-6H2,1-2H3/t8-,9-,10-/m1/s1. The Labute approximate surface area is 116 Å². The number of carbonyl (C=O) groups excluding carboxylic acids is 1. The van der Waals surface area contributed by atoms with Gasteiger partial charge in [0.1, 0.15) is 11.0 Å². The quantitative estimate of drug-likeness (QED) is 0.842. The third-order valence-corrected chi connectivity index (χ3v) is 4.45. The molecule has 1 aliphatic rings. The van der Waals surface area contributed by atoms with Crippen molar-refractivity contribution in [1.82, 2.24) is 14.5 Å². The highest BCUT2D eigenvalue weighted by molar-refractivity contribution is 7.08. The monoisotopic (exact) mass is 285 g/mol. The predicted octanol–water partition coefficient (Wildman–Crippen LogP) is 0.447. The first kappa shape index (κ1) is 14.4. The molecule has 3 atom stereocenters. The Morgan fingerprint density at radius 3 is 2.89 bits per heavy atom. The number of carbonyl (C=O) groups is 1. The van der Waals surface area contributed by atoms with Gasteiger partial charge in [0.05, 0.1) is 17.8 Å². The normalized spacial score (nSPS) is 27.3. The van der Waals surface area contributed by atoms with Crippen molar-refractivity contribution in [3.8, 4) is 0 Å². The zero-order chi connectivity index (χ0) is 14.0. The molecule has 2 N–H and O–H groups in total. The highest BCUT2D eigenvalue weighted by Crippen LogP contribution is 2.25. The zero-order valence-corrected chi connectivity index (χ0v) is 11.9. The highest BCUT2D eigenvalue weighted by atomic mass is 32.1. The van der Waals surface area contributed by atoms with Gasteiger partial charge in [0, 0.05) is 7.05 Å². The molecule has 1 aromatic rings. The maximum atomic E-state index is 12.4. The van der Waals surface area contributed by atoms with Gasteiger partial charge in [0.2, 0.25) is 0 Å². The van der Waals surface area contributed by atoms with E-state index in [0.29, 0.717) is 29.8 Å². The molecule has 0 saturated heterocycles. The van der Waals surface area contributed by atoms with Gasteiger partial charge in [-0.05, 0) is 37.2 Å². The molecule has 1 amide bonds. The fraction of sp³-hybridized carbons (Fsp3) is 0.750. The summed E-state index contributed by atoms with van der Waals surface area (Å²) in [5.74, 6) is -0.176. The fourth-order valence-electron chi connectivity index (χ4n) is 2.47. The molecule has 0 spiro atoms. The average molecular weight is 285 g/mol. The van der Waals surface area contributed by atoms with Crippen LogP contribution in [0.2, 0.25) is 0 Å². The third kappa shape index (κ3) is 2.77. The second kappa shape index (κ2) is 5.94. The molecule has 106 valence electrons. The van der Waals surface area contributed by atoms with Gasteiger partial charge in [0.25, 0.3) is 5.91 Å². The molecule has 6 nitrogen and oxygen atoms in total. The van der Waals surface area contributed by atoms with Crippen molar-refractivity contribution >= 4 is 17.4 Å². The maximum absolute atomic E-state index is 12.4. The Hall–Kier alpha value is -1.05. The van der Waals surface area contributed by atoms with Crippen LogP contribution in [-0.4, -0.2) is 55.9 Å². The Bertz CT molecular complexity index is 451. The Balaban J connectivity index is 2.15. The van der Waals surface area contributed by atoms with Gasteiger partial charge in [-0.1, -0.05) is 11.4 Å². The molecule has 0 unspecified atom stereocenters. The zero-order valence-electron chi connectivity index (χ0n) is 11.1. The number of aliphatic hydroxyl groups is 2. The van der Waals surface area contributed by atoms with E-state index < -0.39 is 12.2 Å². The summed E-state index contributed by atoms with van der Waals surface area (Å²) in [6.07, 6.45) is 1.12. The first-order chi connectivity index (χ1) is 9.06. The molecule has 1 fully saturated rings. The second-order valence-electron chi connectivity index (χ2n) is 4.87. The van der Waals surface area contributed by atoms with E-state index in [1.165, 1.54) is 4.90 Å². The molecule has 1 saturated carbocycles. The predicted molar refractivity (Wildman–Crippen MR) is 71.0 cm³/mol. The van der Waals surface area contributed by atoms with E-state index in [1.54, 1.807) is 7.05 Å². The Morgan fingerprint density at radius 2 is 2.21 bits per heavy atom. The van der Waals surface area contributed by atoms with Crippen LogP contribution < -0.4 is 0 Å². The van der Waals surface area contributed by atoms with Gasteiger partial charge in [-0.15, -0.1) is 5.10 Å². The first-order valence-corrected chi connectivity index (χ1v) is 7.28. The van der Waals surface area contributed by atoms with Crippen LogP contribution in [0.3, 0.4) is 0 Å². The average Bonchev–Trinajstić information content (AvgIpc) is 2.88. The molecule has 1 aromatic heterocycles. The number of nitrogens with zero attached hydrogens (tertiary/aromatic N) is 3. The van der Waals surface area contributed by atoms with Crippen LogP contribution in [-0.2, 0) is 6.42 Å². The number of hydrogen-bond acceptors (Lipinski definition) is 6. The summed E-state index contributed by atoms with van der Waals surface area (Å²) in [6.45, 7) is 1.92. The number of aryl methyl sites for hydroxylation is 1. The lowest BCUT2D eigenvalue weighted by Gasteiger charge is -2.37. The van der Waals surface area contributed by atoms with Crippen molar-refractivity contribution in [2.75, 3.05) is 7.05 Å². The summed E-state index contributed by atoms with van der Waals surface area (Å²) >= 11 is 1.08. The molecule has 0 radical (unpaired) electrons. The van der Waals surface area contributed by atoms with E-state index in [-0.39, 0.29) is 11.9 Å². The van der Waals surface area contributed by atoms with Gasteiger partial charge in [-0.3, -0.25) is 4.79 Å². The maximum Gasteiger partial charge on any atom is 0.267 e. The lowest BCUT2D eigenvalue weighted by Crippen LogP contribution is -2.51. The van der Waals surface area contributed by atoms with E-state index in [9.17, 15) is 15.0 Å². The summed E-state index contributed by atoms with van der Waals surface area (Å²) in [7, 11) is 1.66. The number of hydrogen-bond donors (Lipinski definition) is 2. The first-order valence-electron chi connectivity index (χ1n) is 6.50. The van der Waals surface area contributed by atoms with Crippen LogP contribution >= 0.6 is 11.5 Å². The van der Waals surface area contributed by atoms with Crippen molar-refractivity contribution in [1.29, 1.82) is 0 Å². The molecule has 1 heterocycles. The van der Waals surface area contributed by atoms with Crippen LogP contribution in [0.1, 0.15) is 41.6 Å². The van der Waals surface area contributed by atoms with Gasteiger partial charge >= 0.3 is 0 Å². The van der Waals surface area contributed by atoms with Crippen molar-refractivity contribution in [3.05, 3.63) is 10.6 Å². The summed E-state index contributed by atoms with van der Waals surface area (Å²) < 4.78 is 3.81. The molecular weight excluding hydrogens is 266 g/mol. The van der Waals surface area contributed by atoms with Crippen LogP contribution in [0.5, 0.6) is 0 Å². The SMILES string of the molecule is CCc1nnsc1C(=O)N(C)[C@@H]1CCC[C@@H](O)[C@@H]1O. The van der Waals surface area contributed by atoms with Crippen LogP contribution in [0.25, 0.3) is 0 Å². The molecule has 0 aliphatic heterocycles. The fourth-order valence-corrected chi connectivity index (χ4v) is 3.20. The van der Waals surface area contributed by atoms with Crippen LogP contribution in [0, 0.1) is 0 Å². The largest absolute Gasteiger partial charge is 0.390 e. The topological polar surface area (TPSA) is 86.6 Å². The lowest BCUT2D eigenvalue weighted by molar-refractivity contribution is -0.0525. The molecule has 0 aromatic carbocycles. The number of likely N-dealkylation sites (N-methyl/N-ethyl adjacent to an activating group) is 1. The second-order valence-corrected chi connectivity index (χ2v) is 5.63. The van der Waals surface area contributed by atoms with E-state index >= 15 is 0 Å². The molecule has 0 bridgehead atoms. The minimum atomic E-state index is -0.881. The smallest absolute Gasteiger partial charge is 0.267 e. The van der Waals surface area contributed by atoms with Gasteiger partial charge < -0.3 is 15.1 Å². The summed E-state index contributed by atoms with van der Waals surface area (Å²) in [5.41, 5.74) is 0.688. The van der Waals surface area contributed by atoms with Crippen molar-refractivity contribution in [2.45, 2.75) is 50.9 Å². The van der Waals surface area contributed by atoms with Gasteiger partial charge in [-0.2, -0.15) is 0 Å². The van der Waals surface area contributed by atoms with E-state index in [1.807, 2.05) is 6.92 Å². The van der Waals surface area contributed by atoms with Gasteiger partial charge in [0.15, 0.2) is 0 Å². The number of aliphatic hydroxyl groups excluding tert-OH is 2. The summed E-state index contributed by atoms with van der Waals surface area (Å²) in [5, 5.41) is 23.6. The van der Waals surface area contributed by atoms with Crippen molar-refractivity contribution < 1.29 is 15.0 Å². The summed E-state index contributed by atoms with van der Waals surface area (Å²) in [6, 6.07) is -0.344. The Morgan fingerprint density at radius 1 is 1.47 bits per heavy atom. The van der Waals surface area contributed by atoms with Crippen LogP contribution in [0.4, 0.5) is 0 Å². The number of aromatic nitrogens is 2. The van der Waals surface area contributed by atoms with E-state index in [4.69, 9.17) is 0 Å². The molecule has 2 rings (SSSR count). The minimum Gasteiger partial charge on any atom is -0.390 e. The van der Waals surface area contributed by atoms with Gasteiger partial charge in [-0.25, -0.2) is 0 Å². The van der Waals surface area contributed by atoms with Crippen molar-refractivity contribution in [2.24, 2.45) is 0 Å². The Kier molecular flexibility index (Phi) is 4.49. The number of amides is 1. The van der Waals surface area contributed by atoms with E-state index in [2.05, 4.69) is 9.59 Å². The minimum absolute atomic E-state index is 0.176. The molecule has 7 heteroatoms. The molecule has 19 heavy (non-hydrogen) atoms. The lowest BCUT2D eigenvalue weighted by atomic mass is 9.89. The van der Waals surface area contributed by atoms with E-state index in [0.717, 1.165) is 18.0 Å². The molecule has 1 aliphatic carbocycles. The van der Waals surface area contributed by atoms with Crippen molar-refractivity contribution in [3.63, 3.8) is 0 Å².